The van der Waals surface area contributed by atoms with Gasteiger partial charge in [-0.05, 0) is 37.1 Å². The fraction of sp³-hybridized carbons (Fsp3) is 0.182. The summed E-state index contributed by atoms with van der Waals surface area (Å²) in [7, 11) is 1.98. The molecule has 0 unspecified atom stereocenters. The first-order valence-corrected chi connectivity index (χ1v) is 8.61. The number of nitrogens with zero attached hydrogens (tertiary/aromatic N) is 2. The summed E-state index contributed by atoms with van der Waals surface area (Å²) in [5.41, 5.74) is 4.87. The molecule has 0 atom stereocenters. The number of rotatable bonds is 4. The van der Waals surface area contributed by atoms with E-state index in [1.54, 1.807) is 6.08 Å². The third-order valence-corrected chi connectivity index (χ3v) is 4.75. The normalized spacial score (nSPS) is 11.4. The van der Waals surface area contributed by atoms with Crippen molar-refractivity contribution in [2.45, 2.75) is 20.3 Å². The van der Waals surface area contributed by atoms with Crippen LogP contribution in [0.25, 0.3) is 17.0 Å². The van der Waals surface area contributed by atoms with Gasteiger partial charge in [-0.1, -0.05) is 43.3 Å². The monoisotopic (exact) mass is 343 g/mol. The summed E-state index contributed by atoms with van der Waals surface area (Å²) in [6.07, 6.45) is 2.49. The van der Waals surface area contributed by atoms with Gasteiger partial charge < -0.3 is 9.88 Å². The fourth-order valence-electron chi connectivity index (χ4n) is 3.17. The number of fused-ring (bicyclic) bond motifs is 1. The van der Waals surface area contributed by atoms with E-state index >= 15 is 0 Å². The van der Waals surface area contributed by atoms with Crippen molar-refractivity contribution >= 4 is 28.6 Å². The lowest BCUT2D eigenvalue weighted by molar-refractivity contribution is -0.112. The smallest absolute Gasteiger partial charge is 0.266 e. The molecule has 0 radical (unpaired) electrons. The molecule has 0 aliphatic carbocycles. The third kappa shape index (κ3) is 3.12. The molecule has 1 amide bonds. The van der Waals surface area contributed by atoms with Gasteiger partial charge in [0.2, 0.25) is 0 Å². The molecule has 1 aromatic heterocycles. The van der Waals surface area contributed by atoms with Gasteiger partial charge in [0.05, 0.1) is 0 Å². The number of amides is 1. The Morgan fingerprint density at radius 3 is 2.62 bits per heavy atom. The number of hydrogen-bond acceptors (Lipinski definition) is 2. The van der Waals surface area contributed by atoms with E-state index in [4.69, 9.17) is 0 Å². The number of aromatic nitrogens is 1. The maximum absolute atomic E-state index is 12.7. The summed E-state index contributed by atoms with van der Waals surface area (Å²) >= 11 is 0. The Hall–Kier alpha value is -3.32. The minimum Gasteiger partial charge on any atom is -0.347 e. The summed E-state index contributed by atoms with van der Waals surface area (Å²) in [5.74, 6) is -0.388. The lowest BCUT2D eigenvalue weighted by atomic mass is 10.1. The van der Waals surface area contributed by atoms with Gasteiger partial charge >= 0.3 is 0 Å². The second-order valence-electron chi connectivity index (χ2n) is 6.21. The van der Waals surface area contributed by atoms with Crippen LogP contribution in [0.15, 0.2) is 54.1 Å². The van der Waals surface area contributed by atoms with Crippen LogP contribution in [0.5, 0.6) is 0 Å². The highest BCUT2D eigenvalue weighted by molar-refractivity contribution is 6.11. The summed E-state index contributed by atoms with van der Waals surface area (Å²) in [5, 5.41) is 13.4. The quantitative estimate of drug-likeness (QED) is 0.556. The van der Waals surface area contributed by atoms with E-state index in [9.17, 15) is 10.1 Å². The zero-order valence-corrected chi connectivity index (χ0v) is 15.2. The second kappa shape index (κ2) is 7.28. The average molecular weight is 343 g/mol. The predicted molar refractivity (Wildman–Crippen MR) is 106 cm³/mol. The van der Waals surface area contributed by atoms with Gasteiger partial charge in [0.25, 0.3) is 5.91 Å². The molecule has 0 bridgehead atoms. The lowest BCUT2D eigenvalue weighted by Crippen LogP contribution is -2.14. The number of carbonyl (C=O) groups is 1. The van der Waals surface area contributed by atoms with Crippen molar-refractivity contribution in [1.29, 1.82) is 5.26 Å². The Morgan fingerprint density at radius 1 is 1.19 bits per heavy atom. The van der Waals surface area contributed by atoms with Crippen LogP contribution < -0.4 is 5.32 Å². The van der Waals surface area contributed by atoms with Crippen molar-refractivity contribution < 1.29 is 4.79 Å². The summed E-state index contributed by atoms with van der Waals surface area (Å²) in [4.78, 5) is 12.7. The van der Waals surface area contributed by atoms with Crippen molar-refractivity contribution in [2.24, 2.45) is 7.05 Å². The molecule has 0 spiro atoms. The number of anilines is 1. The molecule has 130 valence electrons. The van der Waals surface area contributed by atoms with E-state index in [0.29, 0.717) is 0 Å². The van der Waals surface area contributed by atoms with E-state index in [-0.39, 0.29) is 11.5 Å². The first kappa shape index (κ1) is 17.5. The molecule has 1 N–H and O–H groups in total. The van der Waals surface area contributed by atoms with Crippen LogP contribution in [0.4, 0.5) is 5.69 Å². The number of aryl methyl sites for hydroxylation is 2. The first-order chi connectivity index (χ1) is 12.6. The van der Waals surface area contributed by atoms with Crippen LogP contribution in [0.3, 0.4) is 0 Å². The molecule has 4 nitrogen and oxygen atoms in total. The lowest BCUT2D eigenvalue weighted by Gasteiger charge is -2.09. The Kier molecular flexibility index (Phi) is 4.90. The van der Waals surface area contributed by atoms with E-state index in [1.165, 1.54) is 0 Å². The molecule has 0 aliphatic heterocycles. The first-order valence-electron chi connectivity index (χ1n) is 8.61. The molecule has 3 rings (SSSR count). The number of para-hydroxylation sites is 2. The van der Waals surface area contributed by atoms with Gasteiger partial charge in [0, 0.05) is 34.9 Å². The maximum Gasteiger partial charge on any atom is 0.266 e. The van der Waals surface area contributed by atoms with E-state index in [1.807, 2.05) is 75.5 Å². The molecule has 1 heterocycles. The third-order valence-electron chi connectivity index (χ3n) is 4.75. The Morgan fingerprint density at radius 2 is 1.88 bits per heavy atom. The maximum atomic E-state index is 12.7. The standard InChI is InChI=1S/C22H21N3O/c1-4-16-9-5-7-11-20(16)24-22(26)17(14-23)13-19-15(2)25(3)21-12-8-6-10-18(19)21/h5-13H,4H2,1-3H3,(H,24,26)/b17-13-. The molecular formula is C22H21N3O. The number of nitriles is 1. The SMILES string of the molecule is CCc1ccccc1NC(=O)/C(C#N)=C\c1c(C)n(C)c2ccccc12. The number of benzene rings is 2. The summed E-state index contributed by atoms with van der Waals surface area (Å²) in [6.45, 7) is 4.02. The number of carbonyl (C=O) groups excluding carboxylic acids is 1. The highest BCUT2D eigenvalue weighted by atomic mass is 16.1. The molecule has 0 saturated heterocycles. The Balaban J connectivity index is 2.01. The highest BCUT2D eigenvalue weighted by Gasteiger charge is 2.15. The molecule has 4 heteroatoms. The van der Waals surface area contributed by atoms with Crippen LogP contribution in [0, 0.1) is 18.3 Å². The van der Waals surface area contributed by atoms with Gasteiger partial charge in [-0.15, -0.1) is 0 Å². The molecule has 2 aromatic carbocycles. The van der Waals surface area contributed by atoms with E-state index < -0.39 is 0 Å². The molecular weight excluding hydrogens is 322 g/mol. The van der Waals surface area contributed by atoms with Crippen molar-refractivity contribution in [3.8, 4) is 6.07 Å². The molecule has 0 fully saturated rings. The number of hydrogen-bond donors (Lipinski definition) is 1. The minimum atomic E-state index is -0.388. The zero-order chi connectivity index (χ0) is 18.7. The molecule has 0 saturated carbocycles. The van der Waals surface area contributed by atoms with E-state index in [2.05, 4.69) is 9.88 Å². The predicted octanol–water partition coefficient (Wildman–Crippen LogP) is 4.59. The van der Waals surface area contributed by atoms with Gasteiger partial charge in [-0.3, -0.25) is 4.79 Å². The van der Waals surface area contributed by atoms with Gasteiger partial charge in [0.1, 0.15) is 11.6 Å². The molecule has 3 aromatic rings. The van der Waals surface area contributed by atoms with Crippen LogP contribution in [0.2, 0.25) is 0 Å². The topological polar surface area (TPSA) is 57.8 Å². The average Bonchev–Trinajstić information content (AvgIpc) is 2.91. The Bertz CT molecular complexity index is 1050. The molecule has 26 heavy (non-hydrogen) atoms. The highest BCUT2D eigenvalue weighted by Crippen LogP contribution is 2.27. The summed E-state index contributed by atoms with van der Waals surface area (Å²) in [6, 6.07) is 17.7. The number of nitrogens with one attached hydrogen (secondary N) is 1. The fourth-order valence-corrected chi connectivity index (χ4v) is 3.17. The van der Waals surface area contributed by atoms with Crippen molar-refractivity contribution in [3.05, 3.63) is 70.9 Å². The second-order valence-corrected chi connectivity index (χ2v) is 6.21. The largest absolute Gasteiger partial charge is 0.347 e. The van der Waals surface area contributed by atoms with Gasteiger partial charge in [-0.2, -0.15) is 5.26 Å². The van der Waals surface area contributed by atoms with Crippen molar-refractivity contribution in [3.63, 3.8) is 0 Å². The van der Waals surface area contributed by atoms with Crippen LogP contribution in [-0.2, 0) is 18.3 Å². The van der Waals surface area contributed by atoms with Gasteiger partial charge in [-0.25, -0.2) is 0 Å². The van der Waals surface area contributed by atoms with Crippen molar-refractivity contribution in [2.75, 3.05) is 5.32 Å². The van der Waals surface area contributed by atoms with Crippen LogP contribution in [0.1, 0.15) is 23.7 Å². The van der Waals surface area contributed by atoms with Crippen LogP contribution in [-0.4, -0.2) is 10.5 Å². The summed E-state index contributed by atoms with van der Waals surface area (Å²) < 4.78 is 2.07. The van der Waals surface area contributed by atoms with Gasteiger partial charge in [0.15, 0.2) is 0 Å². The Labute approximate surface area is 153 Å². The zero-order valence-electron chi connectivity index (χ0n) is 15.2. The minimum absolute atomic E-state index is 0.0929. The van der Waals surface area contributed by atoms with Crippen LogP contribution >= 0.6 is 0 Å². The van der Waals surface area contributed by atoms with E-state index in [0.717, 1.165) is 39.8 Å². The van der Waals surface area contributed by atoms with Crippen molar-refractivity contribution in [1.82, 2.24) is 4.57 Å². The molecule has 0 aliphatic rings.